The highest BCUT2D eigenvalue weighted by Crippen LogP contribution is 2.32. The zero-order valence-electron chi connectivity index (χ0n) is 12.8. The summed E-state index contributed by atoms with van der Waals surface area (Å²) in [5.41, 5.74) is 3.61. The molecule has 2 aromatic rings. The van der Waals surface area contributed by atoms with Crippen molar-refractivity contribution in [3.63, 3.8) is 0 Å². The van der Waals surface area contributed by atoms with Crippen LogP contribution >= 0.6 is 11.3 Å². The van der Waals surface area contributed by atoms with Gasteiger partial charge in [-0.3, -0.25) is 5.10 Å². The number of H-pyrrole nitrogens is 1. The van der Waals surface area contributed by atoms with E-state index >= 15 is 0 Å². The van der Waals surface area contributed by atoms with Gasteiger partial charge < -0.3 is 10.2 Å². The molecule has 1 fully saturated rings. The molecule has 0 aromatic carbocycles. The van der Waals surface area contributed by atoms with E-state index in [-0.39, 0.29) is 12.1 Å². The molecule has 0 spiro atoms. The number of hydrogen-bond donors (Lipinski definition) is 2. The van der Waals surface area contributed by atoms with Crippen molar-refractivity contribution < 1.29 is 4.79 Å². The molecule has 0 aliphatic carbocycles. The number of aromatic amines is 1. The number of urea groups is 1. The molecule has 0 bridgehead atoms. The van der Waals surface area contributed by atoms with Gasteiger partial charge in [-0.25, -0.2) is 4.79 Å². The average Bonchev–Trinajstić information content (AvgIpc) is 3.24. The van der Waals surface area contributed by atoms with Crippen LogP contribution in [-0.2, 0) is 6.42 Å². The van der Waals surface area contributed by atoms with Gasteiger partial charge in [-0.1, -0.05) is 0 Å². The summed E-state index contributed by atoms with van der Waals surface area (Å²) in [6.07, 6.45) is 5.89. The first kappa shape index (κ1) is 15.1. The quantitative estimate of drug-likeness (QED) is 0.831. The van der Waals surface area contributed by atoms with Gasteiger partial charge >= 0.3 is 6.03 Å². The highest BCUT2D eigenvalue weighted by molar-refractivity contribution is 7.07. The Hall–Kier alpha value is -1.82. The summed E-state index contributed by atoms with van der Waals surface area (Å²) in [6.45, 7) is 3.58. The number of carbonyl (C=O) groups excluding carboxylic acids is 1. The highest BCUT2D eigenvalue weighted by atomic mass is 32.1. The summed E-state index contributed by atoms with van der Waals surface area (Å²) in [4.78, 5) is 14.4. The monoisotopic (exact) mass is 318 g/mol. The molecule has 3 rings (SSSR count). The van der Waals surface area contributed by atoms with E-state index < -0.39 is 0 Å². The highest BCUT2D eigenvalue weighted by Gasteiger charge is 2.29. The normalized spacial score (nSPS) is 17.9. The molecule has 2 aromatic heterocycles. The van der Waals surface area contributed by atoms with Crippen LogP contribution in [0.2, 0.25) is 0 Å². The van der Waals surface area contributed by atoms with Crippen LogP contribution in [0.25, 0.3) is 0 Å². The third-order valence-corrected chi connectivity index (χ3v) is 4.98. The first-order valence-corrected chi connectivity index (χ1v) is 8.75. The average molecular weight is 318 g/mol. The molecule has 2 amide bonds. The predicted molar refractivity (Wildman–Crippen MR) is 88.0 cm³/mol. The van der Waals surface area contributed by atoms with E-state index in [1.807, 2.05) is 18.0 Å². The van der Waals surface area contributed by atoms with Crippen LogP contribution in [0.1, 0.15) is 42.1 Å². The van der Waals surface area contributed by atoms with Crippen LogP contribution < -0.4 is 5.32 Å². The van der Waals surface area contributed by atoms with Crippen molar-refractivity contribution in [2.24, 2.45) is 0 Å². The minimum absolute atomic E-state index is 0.0672. The number of hydrogen-bond acceptors (Lipinski definition) is 3. The Morgan fingerprint density at radius 2 is 2.50 bits per heavy atom. The van der Waals surface area contributed by atoms with Crippen molar-refractivity contribution in [1.82, 2.24) is 20.4 Å². The Morgan fingerprint density at radius 3 is 3.23 bits per heavy atom. The lowest BCUT2D eigenvalue weighted by molar-refractivity contribution is 0.193. The first-order chi connectivity index (χ1) is 10.8. The molecule has 1 aliphatic rings. The van der Waals surface area contributed by atoms with Crippen LogP contribution in [0.4, 0.5) is 4.79 Å². The largest absolute Gasteiger partial charge is 0.338 e. The number of thiophene rings is 1. The van der Waals surface area contributed by atoms with E-state index in [0.29, 0.717) is 6.54 Å². The van der Waals surface area contributed by atoms with Crippen molar-refractivity contribution >= 4 is 17.4 Å². The molecular weight excluding hydrogens is 296 g/mol. The first-order valence-electron chi connectivity index (χ1n) is 7.81. The van der Waals surface area contributed by atoms with Gasteiger partial charge in [-0.15, -0.1) is 0 Å². The van der Waals surface area contributed by atoms with Gasteiger partial charge in [0.2, 0.25) is 0 Å². The second kappa shape index (κ2) is 6.96. The molecule has 118 valence electrons. The van der Waals surface area contributed by atoms with Crippen molar-refractivity contribution in [3.05, 3.63) is 39.8 Å². The number of nitrogens with zero attached hydrogens (tertiary/aromatic N) is 2. The van der Waals surface area contributed by atoms with Gasteiger partial charge in [-0.05, 0) is 60.6 Å². The lowest BCUT2D eigenvalue weighted by Gasteiger charge is -2.24. The second-order valence-electron chi connectivity index (χ2n) is 5.76. The van der Waals surface area contributed by atoms with Gasteiger partial charge in [0.1, 0.15) is 0 Å². The van der Waals surface area contributed by atoms with Gasteiger partial charge in [0, 0.05) is 18.8 Å². The number of aryl methyl sites for hydroxylation is 2. The van der Waals surface area contributed by atoms with Gasteiger partial charge in [0.05, 0.1) is 12.2 Å². The van der Waals surface area contributed by atoms with E-state index in [0.717, 1.165) is 37.9 Å². The number of nitrogens with one attached hydrogen (secondary N) is 2. The standard InChI is InChI=1S/C16H22N4OS/c1-12-13(10-18-19-12)4-2-7-17-16(21)20-8-3-5-15(20)14-6-9-22-11-14/h6,9-11,15H,2-5,7-8H2,1H3,(H,17,21)(H,18,19)/t15-/m1/s1. The minimum atomic E-state index is 0.0672. The Morgan fingerprint density at radius 1 is 1.59 bits per heavy atom. The lowest BCUT2D eigenvalue weighted by Crippen LogP contribution is -2.39. The zero-order valence-corrected chi connectivity index (χ0v) is 13.7. The number of rotatable bonds is 5. The second-order valence-corrected chi connectivity index (χ2v) is 6.54. The molecule has 2 N–H and O–H groups in total. The van der Waals surface area contributed by atoms with E-state index in [1.54, 1.807) is 11.3 Å². The van der Waals surface area contributed by atoms with Crippen LogP contribution in [0, 0.1) is 6.92 Å². The van der Waals surface area contributed by atoms with Crippen molar-refractivity contribution in [2.75, 3.05) is 13.1 Å². The van der Waals surface area contributed by atoms with Gasteiger partial charge in [0.15, 0.2) is 0 Å². The summed E-state index contributed by atoms with van der Waals surface area (Å²) >= 11 is 1.69. The summed E-state index contributed by atoms with van der Waals surface area (Å²) in [5.74, 6) is 0. The molecule has 1 atom stereocenters. The SMILES string of the molecule is Cc1[nH]ncc1CCCNC(=O)N1CCC[C@@H]1c1ccsc1. The summed E-state index contributed by atoms with van der Waals surface area (Å²) in [5, 5.41) is 14.2. The lowest BCUT2D eigenvalue weighted by atomic mass is 10.1. The van der Waals surface area contributed by atoms with Crippen LogP contribution in [0.3, 0.4) is 0 Å². The number of likely N-dealkylation sites (tertiary alicyclic amines) is 1. The van der Waals surface area contributed by atoms with Crippen LogP contribution in [0.15, 0.2) is 23.0 Å². The summed E-state index contributed by atoms with van der Waals surface area (Å²) in [6, 6.07) is 2.45. The summed E-state index contributed by atoms with van der Waals surface area (Å²) in [7, 11) is 0. The van der Waals surface area contributed by atoms with Gasteiger partial charge in [-0.2, -0.15) is 16.4 Å². The Bertz CT molecular complexity index is 607. The molecule has 5 nitrogen and oxygen atoms in total. The molecule has 0 radical (unpaired) electrons. The Kier molecular flexibility index (Phi) is 4.77. The molecule has 3 heterocycles. The fourth-order valence-corrected chi connectivity index (χ4v) is 3.73. The predicted octanol–water partition coefficient (Wildman–Crippen LogP) is 3.26. The van der Waals surface area contributed by atoms with E-state index in [2.05, 4.69) is 32.3 Å². The third kappa shape index (κ3) is 3.32. The molecule has 6 heteroatoms. The topological polar surface area (TPSA) is 61.0 Å². The smallest absolute Gasteiger partial charge is 0.317 e. The van der Waals surface area contributed by atoms with E-state index in [9.17, 15) is 4.79 Å². The number of carbonyl (C=O) groups is 1. The molecule has 22 heavy (non-hydrogen) atoms. The van der Waals surface area contributed by atoms with Gasteiger partial charge in [0.25, 0.3) is 0 Å². The molecular formula is C16H22N4OS. The fraction of sp³-hybridized carbons (Fsp3) is 0.500. The molecule has 0 unspecified atom stereocenters. The molecule has 1 aliphatic heterocycles. The summed E-state index contributed by atoms with van der Waals surface area (Å²) < 4.78 is 0. The third-order valence-electron chi connectivity index (χ3n) is 4.28. The van der Waals surface area contributed by atoms with E-state index in [1.165, 1.54) is 11.1 Å². The fourth-order valence-electron chi connectivity index (χ4n) is 3.02. The Labute approximate surface area is 134 Å². The zero-order chi connectivity index (χ0) is 15.4. The molecule has 0 saturated carbocycles. The maximum absolute atomic E-state index is 12.4. The molecule has 1 saturated heterocycles. The minimum Gasteiger partial charge on any atom is -0.338 e. The van der Waals surface area contributed by atoms with Crippen molar-refractivity contribution in [3.8, 4) is 0 Å². The van der Waals surface area contributed by atoms with Crippen molar-refractivity contribution in [1.29, 1.82) is 0 Å². The van der Waals surface area contributed by atoms with Crippen LogP contribution in [0.5, 0.6) is 0 Å². The maximum atomic E-state index is 12.4. The Balaban J connectivity index is 1.46. The van der Waals surface area contributed by atoms with Crippen molar-refractivity contribution in [2.45, 2.75) is 38.6 Å². The van der Waals surface area contributed by atoms with E-state index in [4.69, 9.17) is 0 Å². The maximum Gasteiger partial charge on any atom is 0.317 e. The number of aromatic nitrogens is 2. The number of amides is 2. The van der Waals surface area contributed by atoms with Crippen LogP contribution in [-0.4, -0.2) is 34.2 Å².